The summed E-state index contributed by atoms with van der Waals surface area (Å²) in [5.74, 6) is -3.24. The molecule has 0 spiro atoms. The third kappa shape index (κ3) is 6.19. The van der Waals surface area contributed by atoms with Gasteiger partial charge >= 0.3 is 24.3 Å². The van der Waals surface area contributed by atoms with E-state index in [0.29, 0.717) is 12.1 Å². The Morgan fingerprint density at radius 1 is 0.963 bits per heavy atom. The van der Waals surface area contributed by atoms with Crippen LogP contribution in [0.2, 0.25) is 0 Å². The first-order chi connectivity index (χ1) is 12.4. The van der Waals surface area contributed by atoms with Crippen LogP contribution in [0.15, 0.2) is 35.5 Å². The van der Waals surface area contributed by atoms with Gasteiger partial charge in [0.25, 0.3) is 0 Å². The van der Waals surface area contributed by atoms with Crippen molar-refractivity contribution in [1.29, 1.82) is 0 Å². The summed E-state index contributed by atoms with van der Waals surface area (Å²) < 4.78 is 87.4. The molecule has 0 unspecified atom stereocenters. The smallest absolute Gasteiger partial charge is 0.432 e. The number of ether oxygens (including phenoxy) is 2. The Morgan fingerprint density at radius 2 is 1.48 bits per heavy atom. The minimum Gasteiger partial charge on any atom is -0.462 e. The monoisotopic (exact) mass is 399 g/mol. The number of esters is 2. The Morgan fingerprint density at radius 3 is 1.89 bits per heavy atom. The zero-order valence-electron chi connectivity index (χ0n) is 14.1. The number of halogens is 6. The number of benzene rings is 1. The molecule has 0 fully saturated rings. The van der Waals surface area contributed by atoms with Crippen LogP contribution in [0.5, 0.6) is 0 Å². The number of anilines is 1. The molecule has 0 saturated heterocycles. The van der Waals surface area contributed by atoms with Crippen LogP contribution in [0.1, 0.15) is 19.4 Å². The Hall–Kier alpha value is -2.72. The molecule has 5 nitrogen and oxygen atoms in total. The highest BCUT2D eigenvalue weighted by Crippen LogP contribution is 2.34. The maximum Gasteiger partial charge on any atom is 0.432 e. The highest BCUT2D eigenvalue weighted by Gasteiger charge is 2.42. The minimum atomic E-state index is -5.29. The van der Waals surface area contributed by atoms with Crippen molar-refractivity contribution in [1.82, 2.24) is 0 Å². The molecule has 0 bridgehead atoms. The SMILES string of the molecule is CCOC(=O)C(C(=O)OCC)=C(Nc1cccc(C(F)(F)F)c1)C(F)(F)F. The summed E-state index contributed by atoms with van der Waals surface area (Å²) in [6.07, 6.45) is -10.1. The van der Waals surface area contributed by atoms with Crippen LogP contribution in [0.25, 0.3) is 0 Å². The molecule has 0 aliphatic heterocycles. The molecule has 0 amide bonds. The molecule has 11 heteroatoms. The molecule has 0 atom stereocenters. The predicted molar refractivity (Wildman–Crippen MR) is 81.4 cm³/mol. The van der Waals surface area contributed by atoms with E-state index in [1.807, 2.05) is 0 Å². The summed E-state index contributed by atoms with van der Waals surface area (Å²) in [5, 5.41) is 1.66. The number of hydrogen-bond acceptors (Lipinski definition) is 5. The highest BCUT2D eigenvalue weighted by molar-refractivity contribution is 6.15. The number of carbonyl (C=O) groups is 2. The molecular formula is C16H15F6NO4. The molecule has 0 aliphatic carbocycles. The van der Waals surface area contributed by atoms with Gasteiger partial charge in [-0.2, -0.15) is 26.3 Å². The van der Waals surface area contributed by atoms with Crippen LogP contribution in [-0.4, -0.2) is 31.3 Å². The quantitative estimate of drug-likeness (QED) is 0.257. The highest BCUT2D eigenvalue weighted by atomic mass is 19.4. The van der Waals surface area contributed by atoms with Gasteiger partial charge in [0, 0.05) is 5.69 Å². The zero-order valence-corrected chi connectivity index (χ0v) is 14.1. The minimum absolute atomic E-state index is 0.337. The second-order valence-electron chi connectivity index (χ2n) is 4.89. The van der Waals surface area contributed by atoms with Crippen LogP contribution in [0.4, 0.5) is 32.0 Å². The number of rotatable bonds is 6. The van der Waals surface area contributed by atoms with E-state index >= 15 is 0 Å². The van der Waals surface area contributed by atoms with E-state index in [-0.39, 0.29) is 13.2 Å². The van der Waals surface area contributed by atoms with E-state index in [0.717, 1.165) is 12.1 Å². The molecule has 0 heterocycles. The second-order valence-corrected chi connectivity index (χ2v) is 4.89. The van der Waals surface area contributed by atoms with Crippen molar-refractivity contribution in [3.63, 3.8) is 0 Å². The summed E-state index contributed by atoms with van der Waals surface area (Å²) in [6.45, 7) is 1.93. The van der Waals surface area contributed by atoms with Crippen molar-refractivity contribution in [3.8, 4) is 0 Å². The molecule has 27 heavy (non-hydrogen) atoms. The van der Waals surface area contributed by atoms with E-state index in [1.54, 1.807) is 5.32 Å². The van der Waals surface area contributed by atoms with Gasteiger partial charge in [-0.1, -0.05) is 6.07 Å². The number of carbonyl (C=O) groups excluding carboxylic acids is 2. The summed E-state index contributed by atoms with van der Waals surface area (Å²) in [5.41, 5.74) is -5.24. The normalized spacial score (nSPS) is 11.6. The Bertz CT molecular complexity index is 704. The summed E-state index contributed by atoms with van der Waals surface area (Å²) in [7, 11) is 0. The van der Waals surface area contributed by atoms with Gasteiger partial charge in [-0.05, 0) is 32.0 Å². The van der Waals surface area contributed by atoms with E-state index in [1.165, 1.54) is 13.8 Å². The van der Waals surface area contributed by atoms with Crippen LogP contribution in [0, 0.1) is 0 Å². The van der Waals surface area contributed by atoms with Crippen molar-refractivity contribution in [2.75, 3.05) is 18.5 Å². The fourth-order valence-electron chi connectivity index (χ4n) is 1.89. The third-order valence-corrected chi connectivity index (χ3v) is 2.95. The van der Waals surface area contributed by atoms with Crippen molar-refractivity contribution in [3.05, 3.63) is 41.1 Å². The molecule has 1 N–H and O–H groups in total. The topological polar surface area (TPSA) is 64.6 Å². The summed E-state index contributed by atoms with van der Waals surface area (Å²) >= 11 is 0. The van der Waals surface area contributed by atoms with Gasteiger partial charge in [0.15, 0.2) is 5.57 Å². The average molecular weight is 399 g/mol. The van der Waals surface area contributed by atoms with Gasteiger partial charge in [-0.25, -0.2) is 9.59 Å². The van der Waals surface area contributed by atoms with Crippen molar-refractivity contribution in [2.24, 2.45) is 0 Å². The second kappa shape index (κ2) is 8.78. The molecule has 0 aromatic heterocycles. The first-order valence-corrected chi connectivity index (χ1v) is 7.51. The molecule has 1 aromatic rings. The fourth-order valence-corrected chi connectivity index (χ4v) is 1.89. The Balaban J connectivity index is 3.51. The largest absolute Gasteiger partial charge is 0.462 e. The Kier molecular flexibility index (Phi) is 7.26. The molecule has 0 saturated carbocycles. The lowest BCUT2D eigenvalue weighted by Gasteiger charge is -2.18. The lowest BCUT2D eigenvalue weighted by atomic mass is 10.1. The molecule has 150 valence electrons. The predicted octanol–water partition coefficient (Wildman–Crippen LogP) is 4.06. The standard InChI is InChI=1S/C16H15F6NO4/c1-3-26-13(24)11(14(25)27-4-2)12(16(20,21)22)23-10-7-5-6-9(8-10)15(17,18)19/h5-8,23H,3-4H2,1-2H3. The molecule has 0 aliphatic rings. The van der Waals surface area contributed by atoms with E-state index < -0.39 is 46.8 Å². The molecule has 1 rings (SSSR count). The Labute approximate surface area is 149 Å². The van der Waals surface area contributed by atoms with Gasteiger partial charge in [0.05, 0.1) is 18.8 Å². The molecular weight excluding hydrogens is 384 g/mol. The van der Waals surface area contributed by atoms with Gasteiger partial charge in [0.2, 0.25) is 0 Å². The number of alkyl halides is 6. The van der Waals surface area contributed by atoms with Crippen LogP contribution in [-0.2, 0) is 25.2 Å². The van der Waals surface area contributed by atoms with Gasteiger partial charge in [0.1, 0.15) is 5.70 Å². The van der Waals surface area contributed by atoms with E-state index in [4.69, 9.17) is 0 Å². The average Bonchev–Trinajstić information content (AvgIpc) is 2.53. The van der Waals surface area contributed by atoms with Crippen LogP contribution < -0.4 is 5.32 Å². The first-order valence-electron chi connectivity index (χ1n) is 7.51. The van der Waals surface area contributed by atoms with Gasteiger partial charge in [-0.3, -0.25) is 0 Å². The molecule has 0 radical (unpaired) electrons. The number of hydrogen-bond donors (Lipinski definition) is 1. The fraction of sp³-hybridized carbons (Fsp3) is 0.375. The van der Waals surface area contributed by atoms with E-state index in [9.17, 15) is 35.9 Å². The molecule has 1 aromatic carbocycles. The van der Waals surface area contributed by atoms with Crippen molar-refractivity contribution in [2.45, 2.75) is 26.2 Å². The summed E-state index contributed by atoms with van der Waals surface area (Å²) in [4.78, 5) is 23.7. The van der Waals surface area contributed by atoms with Crippen molar-refractivity contribution >= 4 is 17.6 Å². The van der Waals surface area contributed by atoms with Crippen molar-refractivity contribution < 1.29 is 45.4 Å². The lowest BCUT2D eigenvalue weighted by molar-refractivity contribution is -0.148. The first kappa shape index (κ1) is 22.3. The van der Waals surface area contributed by atoms with Crippen LogP contribution in [0.3, 0.4) is 0 Å². The number of nitrogens with one attached hydrogen (secondary N) is 1. The maximum absolute atomic E-state index is 13.4. The van der Waals surface area contributed by atoms with Gasteiger partial charge in [-0.15, -0.1) is 0 Å². The van der Waals surface area contributed by atoms with Gasteiger partial charge < -0.3 is 14.8 Å². The third-order valence-electron chi connectivity index (χ3n) is 2.95. The zero-order chi connectivity index (χ0) is 20.8. The van der Waals surface area contributed by atoms with Crippen LogP contribution >= 0.6 is 0 Å². The van der Waals surface area contributed by atoms with E-state index in [2.05, 4.69) is 9.47 Å². The maximum atomic E-state index is 13.4. The number of allylic oxidation sites excluding steroid dienone is 1. The summed E-state index contributed by atoms with van der Waals surface area (Å²) in [6, 6.07) is 2.84. The lowest BCUT2D eigenvalue weighted by Crippen LogP contribution is -2.30.